The van der Waals surface area contributed by atoms with Gasteiger partial charge < -0.3 is 10.2 Å². The predicted molar refractivity (Wildman–Crippen MR) is 143 cm³/mol. The van der Waals surface area contributed by atoms with Crippen LogP contribution in [0.3, 0.4) is 0 Å². The third-order valence-electron chi connectivity index (χ3n) is 5.96. The van der Waals surface area contributed by atoms with Gasteiger partial charge in [0.15, 0.2) is 11.6 Å². The Kier molecular flexibility index (Phi) is 10.1. The van der Waals surface area contributed by atoms with Crippen LogP contribution in [0.25, 0.3) is 0 Å². The van der Waals surface area contributed by atoms with Crippen LogP contribution in [0.4, 0.5) is 18.9 Å². The molecule has 1 N–H and O–H groups in total. The number of carbonyl (C=O) groups is 2. The summed E-state index contributed by atoms with van der Waals surface area (Å²) in [5.74, 6) is -4.15. The molecule has 7 nitrogen and oxygen atoms in total. The van der Waals surface area contributed by atoms with E-state index in [1.807, 2.05) is 13.0 Å². The molecule has 0 bridgehead atoms. The van der Waals surface area contributed by atoms with Crippen LogP contribution in [0.5, 0.6) is 0 Å². The van der Waals surface area contributed by atoms with Crippen LogP contribution in [0.15, 0.2) is 72.8 Å². The van der Waals surface area contributed by atoms with Crippen molar-refractivity contribution < 1.29 is 31.2 Å². The van der Waals surface area contributed by atoms with E-state index in [4.69, 9.17) is 0 Å². The molecule has 0 spiro atoms. The third-order valence-corrected chi connectivity index (χ3v) is 7.10. The Morgan fingerprint density at radius 2 is 1.56 bits per heavy atom. The summed E-state index contributed by atoms with van der Waals surface area (Å²) in [6, 6.07) is 15.8. The van der Waals surface area contributed by atoms with E-state index in [0.717, 1.165) is 24.0 Å². The number of sulfonamides is 1. The van der Waals surface area contributed by atoms with Gasteiger partial charge >= 0.3 is 0 Å². The average Bonchev–Trinajstić information content (AvgIpc) is 2.90. The van der Waals surface area contributed by atoms with Crippen LogP contribution in [-0.4, -0.2) is 50.5 Å². The molecule has 3 aromatic carbocycles. The van der Waals surface area contributed by atoms with E-state index in [0.29, 0.717) is 28.9 Å². The summed E-state index contributed by atoms with van der Waals surface area (Å²) < 4.78 is 67.0. The molecule has 1 atom stereocenters. The smallest absolute Gasteiger partial charge is 0.244 e. The summed E-state index contributed by atoms with van der Waals surface area (Å²) >= 11 is 0. The highest BCUT2D eigenvalue weighted by molar-refractivity contribution is 7.92. The molecule has 0 aliphatic carbocycles. The van der Waals surface area contributed by atoms with E-state index in [2.05, 4.69) is 5.32 Å². The first kappa shape index (κ1) is 29.7. The predicted octanol–water partition coefficient (Wildman–Crippen LogP) is 4.04. The quantitative estimate of drug-likeness (QED) is 0.362. The fourth-order valence-corrected chi connectivity index (χ4v) is 4.80. The Hall–Kier alpha value is -3.86. The van der Waals surface area contributed by atoms with Gasteiger partial charge in [0.05, 0.1) is 11.9 Å². The first-order valence-corrected chi connectivity index (χ1v) is 14.1. The van der Waals surface area contributed by atoms with Crippen LogP contribution in [0.2, 0.25) is 0 Å². The topological polar surface area (TPSA) is 86.8 Å². The molecular weight excluding hydrogens is 531 g/mol. The minimum Gasteiger partial charge on any atom is -0.354 e. The first-order valence-electron chi connectivity index (χ1n) is 12.3. The number of benzene rings is 3. The summed E-state index contributed by atoms with van der Waals surface area (Å²) in [7, 11) is -4.13. The standard InChI is InChI=1S/C28H30F3N3O4S/c1-3-15-32-28(36)26(16-20-7-5-4-6-8-20)33(18-21-9-11-22(29)12-10-21)27(35)19-34(39(2,37)38)23-13-14-24(30)25(31)17-23/h4-14,17,26H,3,15-16,18-19H2,1-2H3,(H,32,36)/t26-/m1/s1. The van der Waals surface area contributed by atoms with Crippen molar-refractivity contribution in [1.29, 1.82) is 0 Å². The number of amides is 2. The number of halogens is 3. The molecule has 11 heteroatoms. The zero-order valence-corrected chi connectivity index (χ0v) is 22.4. The highest BCUT2D eigenvalue weighted by atomic mass is 32.2. The first-order chi connectivity index (χ1) is 18.5. The number of nitrogens with one attached hydrogen (secondary N) is 1. The molecule has 0 unspecified atom stereocenters. The van der Waals surface area contributed by atoms with Gasteiger partial charge in [-0.3, -0.25) is 13.9 Å². The van der Waals surface area contributed by atoms with Crippen molar-refractivity contribution in [2.75, 3.05) is 23.7 Å². The second-order valence-corrected chi connectivity index (χ2v) is 10.9. The number of carbonyl (C=O) groups excluding carboxylic acids is 2. The van der Waals surface area contributed by atoms with Gasteiger partial charge in [0.25, 0.3) is 0 Å². The normalized spacial score (nSPS) is 12.0. The molecule has 0 radical (unpaired) electrons. The summed E-state index contributed by atoms with van der Waals surface area (Å²) in [4.78, 5) is 28.4. The van der Waals surface area contributed by atoms with Crippen molar-refractivity contribution in [3.05, 3.63) is 101 Å². The van der Waals surface area contributed by atoms with Crippen molar-refractivity contribution in [1.82, 2.24) is 10.2 Å². The maximum Gasteiger partial charge on any atom is 0.244 e. The Morgan fingerprint density at radius 3 is 2.15 bits per heavy atom. The molecule has 3 rings (SSSR count). The zero-order chi connectivity index (χ0) is 28.6. The summed E-state index contributed by atoms with van der Waals surface area (Å²) in [6.07, 6.45) is 1.60. The molecule has 2 amide bonds. The van der Waals surface area contributed by atoms with Crippen LogP contribution >= 0.6 is 0 Å². The van der Waals surface area contributed by atoms with Gasteiger partial charge in [-0.2, -0.15) is 0 Å². The number of anilines is 1. The summed E-state index contributed by atoms with van der Waals surface area (Å²) in [5, 5.41) is 2.80. The van der Waals surface area contributed by atoms with Gasteiger partial charge in [0, 0.05) is 25.6 Å². The minimum atomic E-state index is -4.13. The maximum absolute atomic E-state index is 14.0. The third kappa shape index (κ3) is 8.31. The van der Waals surface area contributed by atoms with Crippen LogP contribution in [0.1, 0.15) is 24.5 Å². The maximum atomic E-state index is 14.0. The molecule has 39 heavy (non-hydrogen) atoms. The molecule has 208 valence electrons. The largest absolute Gasteiger partial charge is 0.354 e. The van der Waals surface area contributed by atoms with Crippen molar-refractivity contribution in [3.63, 3.8) is 0 Å². The lowest BCUT2D eigenvalue weighted by Gasteiger charge is -2.33. The molecule has 0 heterocycles. The number of rotatable bonds is 12. The van der Waals surface area contributed by atoms with E-state index in [1.54, 1.807) is 24.3 Å². The lowest BCUT2D eigenvalue weighted by molar-refractivity contribution is -0.140. The molecule has 0 saturated heterocycles. The molecule has 0 aromatic heterocycles. The molecule has 3 aromatic rings. The van der Waals surface area contributed by atoms with Gasteiger partial charge in [0.1, 0.15) is 18.4 Å². The van der Waals surface area contributed by atoms with Crippen molar-refractivity contribution >= 4 is 27.5 Å². The van der Waals surface area contributed by atoms with Crippen LogP contribution in [-0.2, 0) is 32.6 Å². The Balaban J connectivity index is 2.04. The van der Waals surface area contributed by atoms with E-state index >= 15 is 0 Å². The monoisotopic (exact) mass is 561 g/mol. The van der Waals surface area contributed by atoms with E-state index in [9.17, 15) is 31.2 Å². The van der Waals surface area contributed by atoms with Crippen LogP contribution in [0, 0.1) is 17.5 Å². The Labute approximate surface area is 226 Å². The fraction of sp³-hybridized carbons (Fsp3) is 0.286. The second-order valence-electron chi connectivity index (χ2n) is 9.01. The van der Waals surface area contributed by atoms with E-state index in [-0.39, 0.29) is 18.7 Å². The molecule has 0 saturated carbocycles. The summed E-state index contributed by atoms with van der Waals surface area (Å²) in [6.45, 7) is 1.32. The molecule has 0 aliphatic heterocycles. The van der Waals surface area contributed by atoms with E-state index in [1.165, 1.54) is 29.2 Å². The number of hydrogen-bond donors (Lipinski definition) is 1. The zero-order valence-electron chi connectivity index (χ0n) is 21.6. The average molecular weight is 562 g/mol. The Morgan fingerprint density at radius 1 is 0.897 bits per heavy atom. The van der Waals surface area contributed by atoms with Gasteiger partial charge in [-0.25, -0.2) is 21.6 Å². The van der Waals surface area contributed by atoms with Gasteiger partial charge in [-0.15, -0.1) is 0 Å². The van der Waals surface area contributed by atoms with Gasteiger partial charge in [-0.1, -0.05) is 49.4 Å². The highest BCUT2D eigenvalue weighted by Crippen LogP contribution is 2.22. The molecular formula is C28H30F3N3O4S. The van der Waals surface area contributed by atoms with Crippen molar-refractivity contribution in [2.24, 2.45) is 0 Å². The minimum absolute atomic E-state index is 0.118. The van der Waals surface area contributed by atoms with Crippen LogP contribution < -0.4 is 9.62 Å². The molecule has 0 fully saturated rings. The molecule has 0 aliphatic rings. The van der Waals surface area contributed by atoms with Crippen molar-refractivity contribution in [3.8, 4) is 0 Å². The summed E-state index contributed by atoms with van der Waals surface area (Å²) in [5.41, 5.74) is 1.01. The van der Waals surface area contributed by atoms with E-state index < -0.39 is 51.9 Å². The highest BCUT2D eigenvalue weighted by Gasteiger charge is 2.33. The second kappa shape index (κ2) is 13.3. The Bertz CT molecular complexity index is 1390. The van der Waals surface area contributed by atoms with Gasteiger partial charge in [-0.05, 0) is 41.8 Å². The van der Waals surface area contributed by atoms with Gasteiger partial charge in [0.2, 0.25) is 21.8 Å². The number of hydrogen-bond acceptors (Lipinski definition) is 4. The lowest BCUT2D eigenvalue weighted by atomic mass is 10.0. The number of nitrogens with zero attached hydrogens (tertiary/aromatic N) is 2. The van der Waals surface area contributed by atoms with Crippen molar-refractivity contribution in [2.45, 2.75) is 32.4 Å². The fourth-order valence-electron chi connectivity index (χ4n) is 3.96. The SMILES string of the molecule is CCCNC(=O)[C@@H](Cc1ccccc1)N(Cc1ccc(F)cc1)C(=O)CN(c1ccc(F)c(F)c1)S(C)(=O)=O. The lowest BCUT2D eigenvalue weighted by Crippen LogP contribution is -2.53.